The smallest absolute Gasteiger partial charge is 0.121 e. The number of aliphatic hydroxyl groups excluding tert-OH is 1. The summed E-state index contributed by atoms with van der Waals surface area (Å²) in [5.74, 6) is 0.846. The number of hydrogen-bond donors (Lipinski definition) is 1. The number of aliphatic hydroxyl groups is 1. The Bertz CT molecular complexity index is 520. The molecule has 1 heterocycles. The molecule has 0 aliphatic heterocycles. The number of nitrogens with zero attached hydrogens (tertiary/aromatic N) is 2. The van der Waals surface area contributed by atoms with Gasteiger partial charge in [0.15, 0.2) is 0 Å². The Hall–Kier alpha value is -1.81. The Morgan fingerprint density at radius 2 is 1.95 bits per heavy atom. The summed E-state index contributed by atoms with van der Waals surface area (Å²) in [6.45, 7) is 5.63. The standard InChI is InChI=1S/C16H22N2O2/c1-3-5-12-20-14-8-6-13(7-9-14)16(19)15-10-11-17-18(15)4-2/h6-11,16,19H,3-5,12H2,1-2H3. The van der Waals surface area contributed by atoms with Crippen LogP contribution in [-0.2, 0) is 6.54 Å². The lowest BCUT2D eigenvalue weighted by Gasteiger charge is -2.13. The molecule has 0 aliphatic rings. The Morgan fingerprint density at radius 3 is 2.60 bits per heavy atom. The topological polar surface area (TPSA) is 47.3 Å². The highest BCUT2D eigenvalue weighted by molar-refractivity contribution is 5.32. The van der Waals surface area contributed by atoms with Gasteiger partial charge in [0.05, 0.1) is 12.3 Å². The van der Waals surface area contributed by atoms with Gasteiger partial charge in [-0.25, -0.2) is 0 Å². The van der Waals surface area contributed by atoms with Gasteiger partial charge in [-0.3, -0.25) is 4.68 Å². The third-order valence-corrected chi connectivity index (χ3v) is 3.29. The first-order chi connectivity index (χ1) is 9.76. The number of hydrogen-bond acceptors (Lipinski definition) is 3. The molecular formula is C16H22N2O2. The molecule has 0 radical (unpaired) electrons. The molecule has 0 amide bonds. The molecule has 1 aromatic carbocycles. The van der Waals surface area contributed by atoms with Gasteiger partial charge >= 0.3 is 0 Å². The van der Waals surface area contributed by atoms with Crippen molar-refractivity contribution < 1.29 is 9.84 Å². The van der Waals surface area contributed by atoms with E-state index in [1.807, 2.05) is 37.3 Å². The van der Waals surface area contributed by atoms with Gasteiger partial charge in [-0.15, -0.1) is 0 Å². The van der Waals surface area contributed by atoms with E-state index in [0.29, 0.717) is 0 Å². The molecule has 0 fully saturated rings. The molecule has 0 saturated carbocycles. The average Bonchev–Trinajstić information content (AvgIpc) is 2.96. The molecule has 1 unspecified atom stereocenters. The van der Waals surface area contributed by atoms with Crippen molar-refractivity contribution in [1.82, 2.24) is 9.78 Å². The van der Waals surface area contributed by atoms with Crippen LogP contribution >= 0.6 is 0 Å². The summed E-state index contributed by atoms with van der Waals surface area (Å²) in [5, 5.41) is 14.6. The van der Waals surface area contributed by atoms with E-state index in [0.717, 1.165) is 43.0 Å². The van der Waals surface area contributed by atoms with Crippen LogP contribution in [0.1, 0.15) is 44.1 Å². The molecule has 4 heteroatoms. The minimum Gasteiger partial charge on any atom is -0.494 e. The maximum Gasteiger partial charge on any atom is 0.121 e. The highest BCUT2D eigenvalue weighted by Gasteiger charge is 2.14. The summed E-state index contributed by atoms with van der Waals surface area (Å²) in [5.41, 5.74) is 1.66. The Balaban J connectivity index is 2.05. The van der Waals surface area contributed by atoms with Gasteiger partial charge in [0, 0.05) is 12.7 Å². The van der Waals surface area contributed by atoms with E-state index >= 15 is 0 Å². The van der Waals surface area contributed by atoms with Crippen LogP contribution in [0, 0.1) is 0 Å². The van der Waals surface area contributed by atoms with Gasteiger partial charge in [-0.2, -0.15) is 5.10 Å². The lowest BCUT2D eigenvalue weighted by Crippen LogP contribution is -2.09. The van der Waals surface area contributed by atoms with Crippen molar-refractivity contribution in [2.45, 2.75) is 39.3 Å². The van der Waals surface area contributed by atoms with Crippen molar-refractivity contribution in [2.24, 2.45) is 0 Å². The van der Waals surface area contributed by atoms with Gasteiger partial charge < -0.3 is 9.84 Å². The molecule has 0 saturated heterocycles. The van der Waals surface area contributed by atoms with E-state index in [4.69, 9.17) is 4.74 Å². The van der Waals surface area contributed by atoms with E-state index in [9.17, 15) is 5.11 Å². The van der Waals surface area contributed by atoms with E-state index in [-0.39, 0.29) is 0 Å². The van der Waals surface area contributed by atoms with Crippen molar-refractivity contribution in [1.29, 1.82) is 0 Å². The highest BCUT2D eigenvalue weighted by atomic mass is 16.5. The molecule has 0 aliphatic carbocycles. The molecular weight excluding hydrogens is 252 g/mol. The van der Waals surface area contributed by atoms with Crippen molar-refractivity contribution in [3.63, 3.8) is 0 Å². The molecule has 2 rings (SSSR count). The summed E-state index contributed by atoms with van der Waals surface area (Å²) in [6, 6.07) is 9.46. The highest BCUT2D eigenvalue weighted by Crippen LogP contribution is 2.23. The van der Waals surface area contributed by atoms with Crippen LogP contribution in [0.5, 0.6) is 5.75 Å². The maximum atomic E-state index is 10.4. The summed E-state index contributed by atoms with van der Waals surface area (Å²) in [7, 11) is 0. The van der Waals surface area contributed by atoms with Crippen LogP contribution in [0.3, 0.4) is 0 Å². The number of benzene rings is 1. The molecule has 1 atom stereocenters. The minimum absolute atomic E-state index is 0.651. The summed E-state index contributed by atoms with van der Waals surface area (Å²) < 4.78 is 7.42. The van der Waals surface area contributed by atoms with Gasteiger partial charge in [0.1, 0.15) is 11.9 Å². The van der Waals surface area contributed by atoms with E-state index in [1.165, 1.54) is 0 Å². The van der Waals surface area contributed by atoms with Crippen molar-refractivity contribution in [3.05, 3.63) is 47.8 Å². The Labute approximate surface area is 120 Å². The lowest BCUT2D eigenvalue weighted by molar-refractivity contribution is 0.208. The maximum absolute atomic E-state index is 10.4. The predicted molar refractivity (Wildman–Crippen MR) is 78.8 cm³/mol. The van der Waals surface area contributed by atoms with Crippen LogP contribution in [0.2, 0.25) is 0 Å². The number of rotatable bonds is 7. The van der Waals surface area contributed by atoms with Gasteiger partial charge in [-0.1, -0.05) is 25.5 Å². The van der Waals surface area contributed by atoms with Gasteiger partial charge in [-0.05, 0) is 37.1 Å². The van der Waals surface area contributed by atoms with Gasteiger partial charge in [0.25, 0.3) is 0 Å². The predicted octanol–water partition coefficient (Wildman–Crippen LogP) is 3.16. The quantitative estimate of drug-likeness (QED) is 0.789. The normalized spacial score (nSPS) is 12.3. The fourth-order valence-electron chi connectivity index (χ4n) is 2.09. The zero-order valence-electron chi connectivity index (χ0n) is 12.1. The average molecular weight is 274 g/mol. The second-order valence-corrected chi connectivity index (χ2v) is 4.75. The van der Waals surface area contributed by atoms with Crippen molar-refractivity contribution >= 4 is 0 Å². The SMILES string of the molecule is CCCCOc1ccc(C(O)c2ccnn2CC)cc1. The van der Waals surface area contributed by atoms with Crippen LogP contribution in [0.15, 0.2) is 36.5 Å². The first-order valence-electron chi connectivity index (χ1n) is 7.18. The number of aromatic nitrogens is 2. The molecule has 0 bridgehead atoms. The zero-order valence-corrected chi connectivity index (χ0v) is 12.1. The summed E-state index contributed by atoms with van der Waals surface area (Å²) in [4.78, 5) is 0. The Kier molecular flexibility index (Phi) is 5.18. The van der Waals surface area contributed by atoms with Crippen molar-refractivity contribution in [3.8, 4) is 5.75 Å². The van der Waals surface area contributed by atoms with Crippen LogP contribution in [0.4, 0.5) is 0 Å². The molecule has 108 valence electrons. The van der Waals surface area contributed by atoms with Crippen molar-refractivity contribution in [2.75, 3.05) is 6.61 Å². The van der Waals surface area contributed by atoms with Crippen LogP contribution in [-0.4, -0.2) is 21.5 Å². The van der Waals surface area contributed by atoms with Gasteiger partial charge in [0.2, 0.25) is 0 Å². The summed E-state index contributed by atoms with van der Waals surface area (Å²) in [6.07, 6.45) is 3.24. The minimum atomic E-state index is -0.651. The molecule has 2 aromatic rings. The molecule has 1 aromatic heterocycles. The van der Waals surface area contributed by atoms with E-state index in [2.05, 4.69) is 12.0 Å². The first-order valence-corrected chi connectivity index (χ1v) is 7.18. The van der Waals surface area contributed by atoms with Crippen LogP contribution < -0.4 is 4.74 Å². The third kappa shape index (κ3) is 3.39. The largest absolute Gasteiger partial charge is 0.494 e. The molecule has 1 N–H and O–H groups in total. The Morgan fingerprint density at radius 1 is 1.20 bits per heavy atom. The van der Waals surface area contributed by atoms with E-state index in [1.54, 1.807) is 10.9 Å². The van der Waals surface area contributed by atoms with Crippen LogP contribution in [0.25, 0.3) is 0 Å². The summed E-state index contributed by atoms with van der Waals surface area (Å²) >= 11 is 0. The second kappa shape index (κ2) is 7.10. The third-order valence-electron chi connectivity index (χ3n) is 3.29. The first kappa shape index (κ1) is 14.6. The fraction of sp³-hybridized carbons (Fsp3) is 0.438. The number of unbranched alkanes of at least 4 members (excludes halogenated alkanes) is 1. The molecule has 4 nitrogen and oxygen atoms in total. The molecule has 20 heavy (non-hydrogen) atoms. The zero-order chi connectivity index (χ0) is 14.4. The molecule has 0 spiro atoms. The number of aryl methyl sites for hydroxylation is 1. The lowest BCUT2D eigenvalue weighted by atomic mass is 10.1. The number of ether oxygens (including phenoxy) is 1. The monoisotopic (exact) mass is 274 g/mol. The second-order valence-electron chi connectivity index (χ2n) is 4.75. The van der Waals surface area contributed by atoms with E-state index < -0.39 is 6.10 Å². The fourth-order valence-corrected chi connectivity index (χ4v) is 2.09.